The highest BCUT2D eigenvalue weighted by molar-refractivity contribution is 5.96. The van der Waals surface area contributed by atoms with E-state index in [0.29, 0.717) is 11.4 Å². The first-order valence-electron chi connectivity index (χ1n) is 10.3. The van der Waals surface area contributed by atoms with Crippen LogP contribution in [0.1, 0.15) is 21.8 Å². The number of esters is 1. The number of ether oxygens (including phenoxy) is 1. The summed E-state index contributed by atoms with van der Waals surface area (Å²) in [6.07, 6.45) is 7.68. The molecule has 4 aromatic rings. The molecule has 2 atom stereocenters. The van der Waals surface area contributed by atoms with Crippen molar-refractivity contribution in [3.8, 4) is 22.6 Å². The van der Waals surface area contributed by atoms with Gasteiger partial charge in [0.25, 0.3) is 0 Å². The molecule has 0 N–H and O–H groups in total. The number of nitrogens with zero attached hydrogens (tertiary/aromatic N) is 2. The van der Waals surface area contributed by atoms with E-state index in [2.05, 4.69) is 6.08 Å². The third kappa shape index (κ3) is 2.96. The fourth-order valence-corrected chi connectivity index (χ4v) is 4.35. The molecule has 4 heteroatoms. The van der Waals surface area contributed by atoms with Crippen molar-refractivity contribution in [3.05, 3.63) is 108 Å². The molecule has 0 fully saturated rings. The number of allylic oxidation sites excluding steroid dienone is 2. The molecule has 0 spiro atoms. The molecule has 1 aliphatic carbocycles. The predicted molar refractivity (Wildman–Crippen MR) is 121 cm³/mol. The third-order valence-corrected chi connectivity index (χ3v) is 5.87. The second kappa shape index (κ2) is 7.03. The lowest BCUT2D eigenvalue weighted by atomic mass is 9.84. The standard InChI is InChI=1S/C27H18N2O2/c30-27-22-16-18(14-15-19(22)20-10-5-7-13-24(20)31-27)26-28-23-12-6-4-11-21(23)25(29-26)17-8-2-1-3-9-17/h1-16,20,24H. The van der Waals surface area contributed by atoms with Gasteiger partial charge in [0.15, 0.2) is 5.82 Å². The van der Waals surface area contributed by atoms with Crippen LogP contribution in [0.3, 0.4) is 0 Å². The van der Waals surface area contributed by atoms with Crippen LogP contribution in [0.4, 0.5) is 0 Å². The number of para-hydroxylation sites is 1. The van der Waals surface area contributed by atoms with E-state index in [0.717, 1.165) is 33.3 Å². The number of carbonyl (C=O) groups excluding carboxylic acids is 1. The van der Waals surface area contributed by atoms with Crippen molar-refractivity contribution in [3.63, 3.8) is 0 Å². The molecule has 0 bridgehead atoms. The van der Waals surface area contributed by atoms with Crippen LogP contribution in [0, 0.1) is 0 Å². The van der Waals surface area contributed by atoms with Crippen LogP contribution in [-0.4, -0.2) is 22.0 Å². The fourth-order valence-electron chi connectivity index (χ4n) is 4.35. The average Bonchev–Trinajstić information content (AvgIpc) is 2.84. The van der Waals surface area contributed by atoms with Crippen LogP contribution >= 0.6 is 0 Å². The van der Waals surface area contributed by atoms with E-state index in [1.807, 2.05) is 91.0 Å². The summed E-state index contributed by atoms with van der Waals surface area (Å²) in [7, 11) is 0. The highest BCUT2D eigenvalue weighted by Crippen LogP contribution is 2.37. The third-order valence-electron chi connectivity index (χ3n) is 5.87. The number of aromatic nitrogens is 2. The first-order chi connectivity index (χ1) is 15.3. The first-order valence-corrected chi connectivity index (χ1v) is 10.3. The lowest BCUT2D eigenvalue weighted by molar-refractivity contribution is 0.0324. The van der Waals surface area contributed by atoms with Crippen LogP contribution in [0.15, 0.2) is 97.1 Å². The number of benzene rings is 3. The Balaban J connectivity index is 1.52. The minimum absolute atomic E-state index is 0.0455. The Morgan fingerprint density at radius 1 is 0.774 bits per heavy atom. The minimum Gasteiger partial charge on any atom is -0.454 e. The molecule has 0 radical (unpaired) electrons. The molecule has 1 aliphatic heterocycles. The summed E-state index contributed by atoms with van der Waals surface area (Å²) in [6, 6.07) is 24.0. The summed E-state index contributed by atoms with van der Waals surface area (Å²) in [6.45, 7) is 0. The van der Waals surface area contributed by atoms with Crippen molar-refractivity contribution in [1.82, 2.24) is 9.97 Å². The molecule has 0 saturated carbocycles. The Bertz CT molecular complexity index is 1390. The van der Waals surface area contributed by atoms with E-state index < -0.39 is 0 Å². The minimum atomic E-state index is -0.304. The molecule has 2 heterocycles. The second-order valence-electron chi connectivity index (χ2n) is 7.75. The smallest absolute Gasteiger partial charge is 0.339 e. The zero-order chi connectivity index (χ0) is 20.8. The van der Waals surface area contributed by atoms with Crippen LogP contribution in [0.2, 0.25) is 0 Å². The molecular weight excluding hydrogens is 384 g/mol. The summed E-state index contributed by atoms with van der Waals surface area (Å²) in [5.41, 5.74) is 5.13. The van der Waals surface area contributed by atoms with Crippen molar-refractivity contribution >= 4 is 16.9 Å². The van der Waals surface area contributed by atoms with E-state index in [1.54, 1.807) is 0 Å². The Kier molecular flexibility index (Phi) is 4.03. The van der Waals surface area contributed by atoms with Crippen LogP contribution in [0.5, 0.6) is 0 Å². The molecule has 1 aromatic heterocycles. The monoisotopic (exact) mass is 402 g/mol. The number of rotatable bonds is 2. The van der Waals surface area contributed by atoms with Gasteiger partial charge in [-0.2, -0.15) is 0 Å². The largest absolute Gasteiger partial charge is 0.454 e. The van der Waals surface area contributed by atoms with Gasteiger partial charge in [-0.25, -0.2) is 14.8 Å². The van der Waals surface area contributed by atoms with Gasteiger partial charge in [-0.15, -0.1) is 0 Å². The summed E-state index contributed by atoms with van der Waals surface area (Å²) < 4.78 is 5.65. The van der Waals surface area contributed by atoms with Crippen molar-refractivity contribution in [2.45, 2.75) is 12.0 Å². The average molecular weight is 402 g/mol. The summed E-state index contributed by atoms with van der Waals surface area (Å²) in [5.74, 6) is 0.334. The molecule has 148 valence electrons. The fraction of sp³-hybridized carbons (Fsp3) is 0.0741. The molecule has 6 rings (SSSR count). The van der Waals surface area contributed by atoms with Gasteiger partial charge in [-0.1, -0.05) is 78.9 Å². The molecule has 2 aliphatic rings. The van der Waals surface area contributed by atoms with Crippen LogP contribution < -0.4 is 0 Å². The van der Waals surface area contributed by atoms with Crippen LogP contribution in [0.25, 0.3) is 33.5 Å². The molecule has 31 heavy (non-hydrogen) atoms. The second-order valence-corrected chi connectivity index (χ2v) is 7.75. The first kappa shape index (κ1) is 17.8. The number of hydrogen-bond acceptors (Lipinski definition) is 4. The maximum atomic E-state index is 12.7. The number of carbonyl (C=O) groups is 1. The molecular formula is C27H18N2O2. The summed E-state index contributed by atoms with van der Waals surface area (Å²) in [4.78, 5) is 22.4. The quantitative estimate of drug-likeness (QED) is 0.403. The number of hydrogen-bond donors (Lipinski definition) is 0. The van der Waals surface area contributed by atoms with E-state index in [4.69, 9.17) is 14.7 Å². The molecule has 4 nitrogen and oxygen atoms in total. The molecule has 3 aromatic carbocycles. The SMILES string of the molecule is O=C1OC2C=CC=CC2c2ccc(-c3nc(-c4ccccc4)c4ccccc4n3)cc21. The van der Waals surface area contributed by atoms with Gasteiger partial charge in [0.1, 0.15) is 6.10 Å². The normalized spacial score (nSPS) is 19.0. The van der Waals surface area contributed by atoms with Gasteiger partial charge in [-0.05, 0) is 23.8 Å². The van der Waals surface area contributed by atoms with E-state index in [9.17, 15) is 4.79 Å². The summed E-state index contributed by atoms with van der Waals surface area (Å²) >= 11 is 0. The maximum Gasteiger partial charge on any atom is 0.339 e. The topological polar surface area (TPSA) is 52.1 Å². The molecule has 2 unspecified atom stereocenters. The van der Waals surface area contributed by atoms with Gasteiger partial charge in [0.05, 0.1) is 16.8 Å². The van der Waals surface area contributed by atoms with Gasteiger partial charge < -0.3 is 4.74 Å². The highest BCUT2D eigenvalue weighted by Gasteiger charge is 2.33. The Labute approximate surface area is 179 Å². The van der Waals surface area contributed by atoms with E-state index >= 15 is 0 Å². The number of fused-ring (bicyclic) bond motifs is 4. The van der Waals surface area contributed by atoms with E-state index in [-0.39, 0.29) is 18.0 Å². The van der Waals surface area contributed by atoms with Gasteiger partial charge >= 0.3 is 5.97 Å². The highest BCUT2D eigenvalue weighted by atomic mass is 16.5. The van der Waals surface area contributed by atoms with Crippen molar-refractivity contribution in [2.24, 2.45) is 0 Å². The van der Waals surface area contributed by atoms with Gasteiger partial charge in [0.2, 0.25) is 0 Å². The Hall–Kier alpha value is -4.05. The molecule has 0 saturated heterocycles. The summed E-state index contributed by atoms with van der Waals surface area (Å²) in [5, 5.41) is 0.997. The van der Waals surface area contributed by atoms with Gasteiger partial charge in [-0.3, -0.25) is 0 Å². The maximum absolute atomic E-state index is 12.7. The zero-order valence-electron chi connectivity index (χ0n) is 16.6. The van der Waals surface area contributed by atoms with Crippen LogP contribution in [-0.2, 0) is 4.74 Å². The van der Waals surface area contributed by atoms with Gasteiger partial charge in [0, 0.05) is 22.4 Å². The van der Waals surface area contributed by atoms with Crippen molar-refractivity contribution < 1.29 is 9.53 Å². The lowest BCUT2D eigenvalue weighted by Crippen LogP contribution is -2.30. The Morgan fingerprint density at radius 3 is 2.48 bits per heavy atom. The van der Waals surface area contributed by atoms with Crippen molar-refractivity contribution in [1.29, 1.82) is 0 Å². The predicted octanol–water partition coefficient (Wildman–Crippen LogP) is 5.71. The zero-order valence-corrected chi connectivity index (χ0v) is 16.6. The van der Waals surface area contributed by atoms with E-state index in [1.165, 1.54) is 0 Å². The Morgan fingerprint density at radius 2 is 1.58 bits per heavy atom. The molecule has 0 amide bonds. The van der Waals surface area contributed by atoms with Crippen molar-refractivity contribution in [2.75, 3.05) is 0 Å². The lowest BCUT2D eigenvalue weighted by Gasteiger charge is -2.31.